The zero-order valence-corrected chi connectivity index (χ0v) is 17.4. The van der Waals surface area contributed by atoms with Crippen molar-refractivity contribution in [1.82, 2.24) is 0 Å². The average molecular weight is 399 g/mol. The van der Waals surface area contributed by atoms with Crippen LogP contribution in [0.3, 0.4) is 0 Å². The molecule has 0 spiro atoms. The Bertz CT molecular complexity index is 848. The molecule has 2 aromatic rings. The molecule has 1 saturated carbocycles. The highest BCUT2D eigenvalue weighted by Gasteiger charge is 2.34. The van der Waals surface area contributed by atoms with E-state index in [0.29, 0.717) is 16.0 Å². The fourth-order valence-corrected chi connectivity index (χ4v) is 3.80. The van der Waals surface area contributed by atoms with Crippen molar-refractivity contribution in [1.29, 1.82) is 0 Å². The van der Waals surface area contributed by atoms with E-state index in [-0.39, 0.29) is 11.2 Å². The standard InChI is InChI=1S/C24H24Cl2O/c1-24(2,3)20-14-18(12-16-8-4-6-10-21(16)25)23(27)19(15-20)13-17-9-5-7-11-22(17)26/h4-13,20H,14-15H2,1-3H3. The monoisotopic (exact) mass is 398 g/mol. The van der Waals surface area contributed by atoms with Gasteiger partial charge in [-0.2, -0.15) is 0 Å². The van der Waals surface area contributed by atoms with Gasteiger partial charge in [-0.15, -0.1) is 0 Å². The highest BCUT2D eigenvalue weighted by atomic mass is 35.5. The minimum absolute atomic E-state index is 0.0929. The van der Waals surface area contributed by atoms with Crippen molar-refractivity contribution in [3.8, 4) is 0 Å². The molecule has 0 saturated heterocycles. The van der Waals surface area contributed by atoms with E-state index in [9.17, 15) is 4.79 Å². The maximum absolute atomic E-state index is 13.2. The van der Waals surface area contributed by atoms with Crippen molar-refractivity contribution >= 4 is 41.1 Å². The molecule has 2 aromatic carbocycles. The second-order valence-corrected chi connectivity index (χ2v) is 9.00. The van der Waals surface area contributed by atoms with E-state index in [1.807, 2.05) is 60.7 Å². The molecule has 0 aliphatic heterocycles. The molecule has 0 radical (unpaired) electrons. The van der Waals surface area contributed by atoms with Crippen LogP contribution in [0.2, 0.25) is 10.0 Å². The van der Waals surface area contributed by atoms with Crippen molar-refractivity contribution < 1.29 is 4.79 Å². The second kappa shape index (κ2) is 8.04. The van der Waals surface area contributed by atoms with E-state index in [2.05, 4.69) is 20.8 Å². The average Bonchev–Trinajstić information content (AvgIpc) is 2.61. The minimum Gasteiger partial charge on any atom is -0.289 e. The summed E-state index contributed by atoms with van der Waals surface area (Å²) in [5.74, 6) is 0.466. The largest absolute Gasteiger partial charge is 0.289 e. The van der Waals surface area contributed by atoms with Gasteiger partial charge in [0.2, 0.25) is 0 Å². The van der Waals surface area contributed by atoms with Gasteiger partial charge in [0, 0.05) is 21.2 Å². The van der Waals surface area contributed by atoms with Gasteiger partial charge in [0.05, 0.1) is 0 Å². The number of ketones is 1. The molecule has 0 bridgehead atoms. The summed E-state index contributed by atoms with van der Waals surface area (Å²) in [7, 11) is 0. The van der Waals surface area contributed by atoms with Gasteiger partial charge in [0.25, 0.3) is 0 Å². The van der Waals surface area contributed by atoms with Crippen LogP contribution in [0.25, 0.3) is 12.2 Å². The molecule has 1 nitrogen and oxygen atoms in total. The van der Waals surface area contributed by atoms with Crippen LogP contribution in [0.4, 0.5) is 0 Å². The first-order valence-corrected chi connectivity index (χ1v) is 9.96. The first kappa shape index (κ1) is 19.9. The van der Waals surface area contributed by atoms with E-state index in [1.54, 1.807) is 0 Å². The number of hydrogen-bond acceptors (Lipinski definition) is 1. The van der Waals surface area contributed by atoms with Gasteiger partial charge in [-0.1, -0.05) is 80.4 Å². The van der Waals surface area contributed by atoms with Gasteiger partial charge >= 0.3 is 0 Å². The summed E-state index contributed by atoms with van der Waals surface area (Å²) in [6, 6.07) is 15.3. The third-order valence-corrected chi connectivity index (χ3v) is 5.90. The second-order valence-electron chi connectivity index (χ2n) is 8.18. The van der Waals surface area contributed by atoms with E-state index in [4.69, 9.17) is 23.2 Å². The fourth-order valence-electron chi connectivity index (χ4n) is 3.42. The van der Waals surface area contributed by atoms with Gasteiger partial charge in [-0.25, -0.2) is 0 Å². The summed E-state index contributed by atoms with van der Waals surface area (Å²) in [5.41, 5.74) is 3.49. The third kappa shape index (κ3) is 4.72. The Hall–Kier alpha value is -1.83. The Morgan fingerprint density at radius 3 is 1.59 bits per heavy atom. The molecule has 3 rings (SSSR count). The zero-order valence-electron chi connectivity index (χ0n) is 15.9. The lowest BCUT2D eigenvalue weighted by Crippen LogP contribution is -2.29. The van der Waals surface area contributed by atoms with Crippen LogP contribution < -0.4 is 0 Å². The van der Waals surface area contributed by atoms with Crippen LogP contribution in [0.15, 0.2) is 59.7 Å². The summed E-state index contributed by atoms with van der Waals surface area (Å²) in [4.78, 5) is 13.2. The Balaban J connectivity index is 2.05. The Kier molecular flexibility index (Phi) is 5.93. The summed E-state index contributed by atoms with van der Waals surface area (Å²) in [6.45, 7) is 6.69. The van der Waals surface area contributed by atoms with Crippen molar-refractivity contribution in [2.24, 2.45) is 11.3 Å². The summed E-state index contributed by atoms with van der Waals surface area (Å²) in [5, 5.41) is 1.32. The van der Waals surface area contributed by atoms with Crippen LogP contribution in [-0.2, 0) is 4.79 Å². The quantitative estimate of drug-likeness (QED) is 0.478. The summed E-state index contributed by atoms with van der Waals surface area (Å²) in [6.07, 6.45) is 5.41. The van der Waals surface area contributed by atoms with Gasteiger partial charge in [0.1, 0.15) is 0 Å². The molecule has 3 heteroatoms. The Morgan fingerprint density at radius 2 is 1.22 bits per heavy atom. The van der Waals surface area contributed by atoms with Gasteiger partial charge in [-0.05, 0) is 59.6 Å². The molecular formula is C24H24Cl2O. The number of carbonyl (C=O) groups is 1. The molecule has 1 aliphatic rings. The van der Waals surface area contributed by atoms with E-state index < -0.39 is 0 Å². The normalized spacial score (nSPS) is 21.1. The first-order valence-electron chi connectivity index (χ1n) is 9.20. The molecule has 0 heterocycles. The van der Waals surface area contributed by atoms with Crippen LogP contribution in [0, 0.1) is 11.3 Å². The molecule has 0 aromatic heterocycles. The Morgan fingerprint density at radius 1 is 0.815 bits per heavy atom. The summed E-state index contributed by atoms with van der Waals surface area (Å²) >= 11 is 12.6. The summed E-state index contributed by atoms with van der Waals surface area (Å²) < 4.78 is 0. The number of carbonyl (C=O) groups excluding carboxylic acids is 1. The molecule has 140 valence electrons. The van der Waals surface area contributed by atoms with Crippen LogP contribution in [-0.4, -0.2) is 5.78 Å². The highest BCUT2D eigenvalue weighted by molar-refractivity contribution is 6.33. The smallest absolute Gasteiger partial charge is 0.185 e. The van der Waals surface area contributed by atoms with Crippen molar-refractivity contribution in [3.05, 3.63) is 80.8 Å². The molecule has 0 atom stereocenters. The van der Waals surface area contributed by atoms with Crippen molar-refractivity contribution in [3.63, 3.8) is 0 Å². The molecule has 1 fully saturated rings. The molecule has 0 N–H and O–H groups in total. The lowest BCUT2D eigenvalue weighted by atomic mass is 9.68. The molecule has 27 heavy (non-hydrogen) atoms. The van der Waals surface area contributed by atoms with Crippen LogP contribution in [0.5, 0.6) is 0 Å². The molecule has 0 amide bonds. The first-order chi connectivity index (χ1) is 12.8. The highest BCUT2D eigenvalue weighted by Crippen LogP contribution is 2.42. The molecule has 0 unspecified atom stereocenters. The maximum Gasteiger partial charge on any atom is 0.185 e. The number of benzene rings is 2. The van der Waals surface area contributed by atoms with Gasteiger partial charge in [0.15, 0.2) is 5.78 Å². The van der Waals surface area contributed by atoms with Crippen molar-refractivity contribution in [2.45, 2.75) is 33.6 Å². The van der Waals surface area contributed by atoms with Gasteiger partial charge < -0.3 is 0 Å². The third-order valence-electron chi connectivity index (χ3n) is 5.21. The Labute approximate surface area is 171 Å². The SMILES string of the molecule is CC(C)(C)C1CC(=Cc2ccccc2Cl)C(=O)C(=Cc2ccccc2Cl)C1. The van der Waals surface area contributed by atoms with E-state index in [0.717, 1.165) is 35.1 Å². The lowest BCUT2D eigenvalue weighted by molar-refractivity contribution is -0.113. The zero-order chi connectivity index (χ0) is 19.6. The molecular weight excluding hydrogens is 375 g/mol. The van der Waals surface area contributed by atoms with Crippen LogP contribution in [0.1, 0.15) is 44.7 Å². The predicted molar refractivity (Wildman–Crippen MR) is 116 cm³/mol. The van der Waals surface area contributed by atoms with E-state index in [1.165, 1.54) is 0 Å². The number of Topliss-reactive ketones (excluding diaryl/α,β-unsaturated/α-hetero) is 1. The van der Waals surface area contributed by atoms with Crippen LogP contribution >= 0.6 is 23.2 Å². The maximum atomic E-state index is 13.2. The fraction of sp³-hybridized carbons (Fsp3) is 0.292. The lowest BCUT2D eigenvalue weighted by Gasteiger charge is -2.35. The predicted octanol–water partition coefficient (Wildman–Crippen LogP) is 7.49. The minimum atomic E-state index is 0.0929. The molecule has 1 aliphatic carbocycles. The van der Waals surface area contributed by atoms with E-state index >= 15 is 0 Å². The van der Waals surface area contributed by atoms with Gasteiger partial charge in [-0.3, -0.25) is 4.79 Å². The number of rotatable bonds is 2. The number of hydrogen-bond donors (Lipinski definition) is 0. The number of allylic oxidation sites excluding steroid dienone is 2. The topological polar surface area (TPSA) is 17.1 Å². The van der Waals surface area contributed by atoms with Crippen molar-refractivity contribution in [2.75, 3.05) is 0 Å². The number of halogens is 2.